The first-order valence-corrected chi connectivity index (χ1v) is 11.0. The van der Waals surface area contributed by atoms with Crippen molar-refractivity contribution in [2.24, 2.45) is 12.5 Å². The van der Waals surface area contributed by atoms with Crippen LogP contribution in [0, 0.1) is 18.2 Å². The van der Waals surface area contributed by atoms with E-state index in [0.717, 1.165) is 6.20 Å². The van der Waals surface area contributed by atoms with Crippen molar-refractivity contribution >= 4 is 23.5 Å². The van der Waals surface area contributed by atoms with Crippen LogP contribution < -0.4 is 10.6 Å². The van der Waals surface area contributed by atoms with Crippen molar-refractivity contribution in [2.45, 2.75) is 44.9 Å². The summed E-state index contributed by atoms with van der Waals surface area (Å²) in [4.78, 5) is 33.2. The van der Waals surface area contributed by atoms with Gasteiger partial charge >= 0.3 is 6.09 Å². The maximum atomic E-state index is 13.7. The fourth-order valence-corrected chi connectivity index (χ4v) is 4.73. The van der Waals surface area contributed by atoms with Gasteiger partial charge in [-0.05, 0) is 51.3 Å². The van der Waals surface area contributed by atoms with Crippen LogP contribution in [0.25, 0.3) is 11.4 Å². The maximum absolute atomic E-state index is 13.7. The highest BCUT2D eigenvalue weighted by Gasteiger charge is 2.72. The fraction of sp³-hybridized carbons (Fsp3) is 0.391. The number of carbonyl (C=O) groups excluding carboxylic acids is 2. The van der Waals surface area contributed by atoms with E-state index < -0.39 is 29.1 Å². The van der Waals surface area contributed by atoms with Crippen molar-refractivity contribution in [1.29, 1.82) is 0 Å². The number of alkyl halides is 1. The lowest BCUT2D eigenvalue weighted by atomic mass is 9.42. The summed E-state index contributed by atoms with van der Waals surface area (Å²) in [5.41, 5.74) is 0.415. The minimum absolute atomic E-state index is 0.200. The normalized spacial score (nSPS) is 23.0. The van der Waals surface area contributed by atoms with Crippen molar-refractivity contribution in [3.8, 4) is 11.4 Å². The number of amides is 2. The van der Waals surface area contributed by atoms with Gasteiger partial charge in [-0.15, -0.1) is 5.10 Å². The van der Waals surface area contributed by atoms with Gasteiger partial charge in [0.2, 0.25) is 5.91 Å². The van der Waals surface area contributed by atoms with E-state index in [0.29, 0.717) is 22.6 Å². The van der Waals surface area contributed by atoms with Crippen molar-refractivity contribution in [2.75, 3.05) is 10.6 Å². The summed E-state index contributed by atoms with van der Waals surface area (Å²) in [5.74, 6) is -0.488. The van der Waals surface area contributed by atoms with Crippen molar-refractivity contribution in [1.82, 2.24) is 25.0 Å². The largest absolute Gasteiger partial charge is 0.441 e. The Labute approximate surface area is 199 Å². The van der Waals surface area contributed by atoms with E-state index >= 15 is 0 Å². The predicted octanol–water partition coefficient (Wildman–Crippen LogP) is 3.86. The van der Waals surface area contributed by atoms with Crippen LogP contribution in [-0.2, 0) is 16.6 Å². The van der Waals surface area contributed by atoms with Gasteiger partial charge in [-0.25, -0.2) is 18.3 Å². The quantitative estimate of drug-likeness (QED) is 0.546. The third-order valence-corrected chi connectivity index (χ3v) is 6.57. The van der Waals surface area contributed by atoms with Crippen LogP contribution in [0.3, 0.4) is 0 Å². The number of carbonyl (C=O) groups is 2. The summed E-state index contributed by atoms with van der Waals surface area (Å²) >= 11 is 0. The average molecular weight is 483 g/mol. The van der Waals surface area contributed by atoms with Crippen LogP contribution in [0.5, 0.6) is 0 Å². The third kappa shape index (κ3) is 4.08. The molecule has 1 atom stereocenters. The predicted molar refractivity (Wildman–Crippen MR) is 120 cm³/mol. The third-order valence-electron chi connectivity index (χ3n) is 6.57. The van der Waals surface area contributed by atoms with Crippen molar-refractivity contribution in [3.05, 3.63) is 47.7 Å². The highest BCUT2D eigenvalue weighted by atomic mass is 19.1. The standard InChI is InChI=1S/C23H23F2N7O3/c1-12-16(6-14(24)7-26-12)13(2)35-21(34)29-19-18(30-31-32(19)3)17-5-4-15(8-27-17)28-20(33)22-9-23(25,10-22)11-22/h4-8,13H,9-11H2,1-3H3,(H,28,33)(H,29,34)/t13-,22?,23?/m1/s1. The van der Waals surface area contributed by atoms with E-state index in [1.165, 1.54) is 16.9 Å². The van der Waals surface area contributed by atoms with Gasteiger partial charge in [-0.1, -0.05) is 5.21 Å². The molecule has 0 aromatic carbocycles. The number of aryl methyl sites for hydroxylation is 2. The highest BCUT2D eigenvalue weighted by molar-refractivity contribution is 5.98. The van der Waals surface area contributed by atoms with Crippen LogP contribution in [0.4, 0.5) is 25.1 Å². The van der Waals surface area contributed by atoms with Gasteiger partial charge in [0.25, 0.3) is 0 Å². The van der Waals surface area contributed by atoms with E-state index in [4.69, 9.17) is 4.74 Å². The molecule has 10 nitrogen and oxygen atoms in total. The number of hydrogen-bond acceptors (Lipinski definition) is 7. The summed E-state index contributed by atoms with van der Waals surface area (Å²) in [7, 11) is 1.59. The van der Waals surface area contributed by atoms with Gasteiger partial charge in [0.15, 0.2) is 11.5 Å². The minimum Gasteiger partial charge on any atom is -0.441 e. The van der Waals surface area contributed by atoms with Gasteiger partial charge < -0.3 is 10.1 Å². The van der Waals surface area contributed by atoms with E-state index in [-0.39, 0.29) is 36.7 Å². The van der Waals surface area contributed by atoms with E-state index in [9.17, 15) is 18.4 Å². The highest BCUT2D eigenvalue weighted by Crippen LogP contribution is 2.69. The molecule has 3 heterocycles. The van der Waals surface area contributed by atoms with E-state index in [1.54, 1.807) is 33.0 Å². The lowest BCUT2D eigenvalue weighted by Gasteiger charge is -2.64. The van der Waals surface area contributed by atoms with Crippen LogP contribution >= 0.6 is 0 Å². The number of ether oxygens (including phenoxy) is 1. The Balaban J connectivity index is 1.25. The molecule has 6 rings (SSSR count). The van der Waals surface area contributed by atoms with Gasteiger partial charge in [-0.3, -0.25) is 20.1 Å². The summed E-state index contributed by atoms with van der Waals surface area (Å²) in [6, 6.07) is 4.54. The molecular weight excluding hydrogens is 460 g/mol. The SMILES string of the molecule is Cc1ncc(F)cc1[C@@H](C)OC(=O)Nc1c(-c2ccc(NC(=O)C34CC(F)(C3)C4)cn2)nnn1C. The summed E-state index contributed by atoms with van der Waals surface area (Å²) in [6.07, 6.45) is 1.83. The van der Waals surface area contributed by atoms with Gasteiger partial charge in [-0.2, -0.15) is 0 Å². The van der Waals surface area contributed by atoms with Crippen molar-refractivity contribution < 1.29 is 23.1 Å². The van der Waals surface area contributed by atoms with Gasteiger partial charge in [0, 0.05) is 18.3 Å². The molecule has 2 N–H and O–H groups in total. The molecule has 3 aliphatic rings. The molecule has 12 heteroatoms. The molecule has 0 unspecified atom stereocenters. The smallest absolute Gasteiger partial charge is 0.413 e. The molecule has 3 aromatic heterocycles. The monoisotopic (exact) mass is 483 g/mol. The molecule has 0 aliphatic heterocycles. The number of hydrogen-bond donors (Lipinski definition) is 2. The van der Waals surface area contributed by atoms with Crippen LogP contribution in [0.2, 0.25) is 0 Å². The molecular formula is C23H23F2N7O3. The molecule has 35 heavy (non-hydrogen) atoms. The summed E-state index contributed by atoms with van der Waals surface area (Å²) in [5, 5.41) is 13.4. The number of halogens is 2. The molecule has 3 aliphatic carbocycles. The minimum atomic E-state index is -1.15. The lowest BCUT2D eigenvalue weighted by Crippen LogP contribution is -2.68. The molecule has 3 aromatic rings. The zero-order valence-corrected chi connectivity index (χ0v) is 19.3. The summed E-state index contributed by atoms with van der Waals surface area (Å²) in [6.45, 7) is 3.31. The second-order valence-electron chi connectivity index (χ2n) is 9.26. The zero-order valence-electron chi connectivity index (χ0n) is 19.3. The first-order valence-electron chi connectivity index (χ1n) is 11.0. The molecule has 0 saturated heterocycles. The molecule has 0 radical (unpaired) electrons. The number of pyridine rings is 2. The van der Waals surface area contributed by atoms with Crippen LogP contribution in [0.15, 0.2) is 30.6 Å². The summed E-state index contributed by atoms with van der Waals surface area (Å²) < 4.78 is 34.0. The Morgan fingerprint density at radius 2 is 1.91 bits per heavy atom. The Hall–Kier alpha value is -3.96. The topological polar surface area (TPSA) is 124 Å². The molecule has 3 fully saturated rings. The van der Waals surface area contributed by atoms with Crippen LogP contribution in [-0.4, -0.2) is 42.6 Å². The van der Waals surface area contributed by atoms with Crippen molar-refractivity contribution in [3.63, 3.8) is 0 Å². The molecule has 2 bridgehead atoms. The Morgan fingerprint density at radius 3 is 2.57 bits per heavy atom. The van der Waals surface area contributed by atoms with E-state index in [1.807, 2.05) is 0 Å². The number of rotatable bonds is 6. The molecule has 2 amide bonds. The molecule has 0 spiro atoms. The first-order chi connectivity index (χ1) is 16.6. The average Bonchev–Trinajstić information content (AvgIpc) is 3.12. The number of nitrogens with one attached hydrogen (secondary N) is 2. The molecule has 3 saturated carbocycles. The second-order valence-corrected chi connectivity index (χ2v) is 9.26. The van der Waals surface area contributed by atoms with E-state index in [2.05, 4.69) is 30.9 Å². The van der Waals surface area contributed by atoms with Gasteiger partial charge in [0.05, 0.1) is 29.2 Å². The van der Waals surface area contributed by atoms with Gasteiger partial charge in [0.1, 0.15) is 17.6 Å². The Bertz CT molecular complexity index is 1310. The number of anilines is 2. The fourth-order valence-electron chi connectivity index (χ4n) is 4.73. The first kappa shape index (κ1) is 22.8. The molecule has 182 valence electrons. The van der Waals surface area contributed by atoms with Crippen LogP contribution in [0.1, 0.15) is 43.5 Å². The Kier molecular flexibility index (Phi) is 5.26. The zero-order chi connectivity index (χ0) is 25.0. The Morgan fingerprint density at radius 1 is 1.17 bits per heavy atom. The number of nitrogens with zero attached hydrogens (tertiary/aromatic N) is 5. The second kappa shape index (κ2) is 8.07. The number of aromatic nitrogens is 5. The lowest BCUT2D eigenvalue weighted by molar-refractivity contribution is -0.209. The maximum Gasteiger partial charge on any atom is 0.413 e.